The van der Waals surface area contributed by atoms with Crippen molar-refractivity contribution in [3.63, 3.8) is 0 Å². The Morgan fingerprint density at radius 1 is 1.60 bits per heavy atom. The average molecular weight is 253 g/mol. The largest absolute Gasteiger partial charge is 0.511 e. The van der Waals surface area contributed by atoms with Crippen LogP contribution in [-0.4, -0.2) is 35.9 Å². The molecule has 1 rings (SSSR count). The highest BCUT2D eigenvalue weighted by molar-refractivity contribution is 7.90. The topological polar surface area (TPSA) is 106 Å². The van der Waals surface area contributed by atoms with Crippen molar-refractivity contribution in [3.8, 4) is 5.75 Å². The second kappa shape index (κ2) is 3.99. The Hall–Kier alpha value is -1.41. The van der Waals surface area contributed by atoms with Crippen LogP contribution >= 0.6 is 11.6 Å². The van der Waals surface area contributed by atoms with Crippen LogP contribution in [0.4, 0.5) is 4.79 Å². The third kappa shape index (κ3) is 3.03. The monoisotopic (exact) mass is 252 g/mol. The minimum absolute atomic E-state index is 0.323. The molecular weight excluding hydrogens is 248 g/mol. The molecule has 0 saturated carbocycles. The van der Waals surface area contributed by atoms with Crippen molar-refractivity contribution in [2.24, 2.45) is 0 Å². The highest BCUT2D eigenvalue weighted by atomic mass is 35.5. The first-order valence-electron chi connectivity index (χ1n) is 3.44. The van der Waals surface area contributed by atoms with E-state index in [1.807, 2.05) is 0 Å². The van der Waals surface area contributed by atoms with E-state index < -0.39 is 21.1 Å². The van der Waals surface area contributed by atoms with Crippen LogP contribution in [0.5, 0.6) is 5.75 Å². The molecule has 1 heterocycles. The molecule has 0 aliphatic heterocycles. The predicted molar refractivity (Wildman–Crippen MR) is 48.8 cm³/mol. The summed E-state index contributed by atoms with van der Waals surface area (Å²) in [6, 6.07) is 0. The van der Waals surface area contributed by atoms with Gasteiger partial charge in [-0.2, -0.15) is 0 Å². The van der Waals surface area contributed by atoms with Crippen LogP contribution < -0.4 is 4.74 Å². The molecule has 0 amide bonds. The van der Waals surface area contributed by atoms with Gasteiger partial charge in [0.25, 0.3) is 0 Å². The number of halogens is 1. The molecule has 7 nitrogen and oxygen atoms in total. The smallest absolute Gasteiger partial charge is 0.449 e. The molecule has 1 N–H and O–H groups in total. The third-order valence-corrected chi connectivity index (χ3v) is 2.35. The van der Waals surface area contributed by atoms with E-state index in [4.69, 9.17) is 16.7 Å². The van der Waals surface area contributed by atoms with Crippen molar-refractivity contribution in [3.05, 3.63) is 11.3 Å². The number of sulfone groups is 1. The molecule has 15 heavy (non-hydrogen) atoms. The van der Waals surface area contributed by atoms with Crippen LogP contribution in [0.15, 0.2) is 11.4 Å². The Morgan fingerprint density at radius 2 is 2.20 bits per heavy atom. The van der Waals surface area contributed by atoms with Gasteiger partial charge in [0.15, 0.2) is 10.9 Å². The second-order valence-electron chi connectivity index (χ2n) is 2.45. The van der Waals surface area contributed by atoms with Gasteiger partial charge in [-0.25, -0.2) is 23.2 Å². The number of nitrogens with zero attached hydrogens (tertiary/aromatic N) is 2. The zero-order valence-corrected chi connectivity index (χ0v) is 8.91. The highest BCUT2D eigenvalue weighted by Crippen LogP contribution is 2.21. The van der Waals surface area contributed by atoms with Gasteiger partial charge < -0.3 is 9.84 Å². The van der Waals surface area contributed by atoms with Crippen molar-refractivity contribution < 1.29 is 23.1 Å². The molecule has 0 aliphatic carbocycles. The van der Waals surface area contributed by atoms with Gasteiger partial charge in [0.1, 0.15) is 0 Å². The summed E-state index contributed by atoms with van der Waals surface area (Å²) in [5.41, 5.74) is 0. The molecule has 0 unspecified atom stereocenters. The summed E-state index contributed by atoms with van der Waals surface area (Å²) in [6.45, 7) is 0. The van der Waals surface area contributed by atoms with Crippen LogP contribution in [0.1, 0.15) is 0 Å². The minimum atomic E-state index is -3.58. The Labute approximate surface area is 89.6 Å². The lowest BCUT2D eigenvalue weighted by atomic mass is 10.6. The quantitative estimate of drug-likeness (QED) is 0.466. The van der Waals surface area contributed by atoms with Crippen molar-refractivity contribution in [2.75, 3.05) is 6.26 Å². The maximum Gasteiger partial charge on any atom is 0.511 e. The Balaban J connectivity index is 3.15. The van der Waals surface area contributed by atoms with Gasteiger partial charge in [-0.3, -0.25) is 0 Å². The number of hydrogen-bond acceptors (Lipinski definition) is 6. The first kappa shape index (κ1) is 11.7. The normalized spacial score (nSPS) is 11.1. The van der Waals surface area contributed by atoms with E-state index in [-0.39, 0.29) is 10.9 Å². The van der Waals surface area contributed by atoms with Gasteiger partial charge in [-0.05, 0) is 0 Å². The first-order chi connectivity index (χ1) is 6.80. The van der Waals surface area contributed by atoms with E-state index in [9.17, 15) is 13.2 Å². The van der Waals surface area contributed by atoms with Crippen molar-refractivity contribution in [1.29, 1.82) is 0 Å². The van der Waals surface area contributed by atoms with Crippen molar-refractivity contribution in [2.45, 2.75) is 5.16 Å². The highest BCUT2D eigenvalue weighted by Gasteiger charge is 2.15. The fraction of sp³-hybridized carbons (Fsp3) is 0.167. The molecule has 0 saturated heterocycles. The van der Waals surface area contributed by atoms with E-state index in [2.05, 4.69) is 14.7 Å². The Bertz CT molecular complexity index is 500. The summed E-state index contributed by atoms with van der Waals surface area (Å²) in [6.07, 6.45) is 0.184. The van der Waals surface area contributed by atoms with Crippen LogP contribution in [0, 0.1) is 0 Å². The lowest BCUT2D eigenvalue weighted by Crippen LogP contribution is -2.08. The van der Waals surface area contributed by atoms with E-state index in [0.29, 0.717) is 0 Å². The molecule has 82 valence electrons. The predicted octanol–water partition coefficient (Wildman–Crippen LogP) is 0.590. The summed E-state index contributed by atoms with van der Waals surface area (Å²) < 4.78 is 26.1. The number of hydrogen-bond donors (Lipinski definition) is 1. The maximum atomic E-state index is 11.0. The van der Waals surface area contributed by atoms with E-state index in [1.165, 1.54) is 0 Å². The third-order valence-electron chi connectivity index (χ3n) is 1.22. The first-order valence-corrected chi connectivity index (χ1v) is 5.71. The molecule has 0 aliphatic rings. The molecule has 0 atom stereocenters. The summed E-state index contributed by atoms with van der Waals surface area (Å²) >= 11 is 5.48. The summed E-state index contributed by atoms with van der Waals surface area (Å²) in [7, 11) is -3.58. The average Bonchev–Trinajstić information content (AvgIpc) is 2.05. The van der Waals surface area contributed by atoms with Crippen LogP contribution in [0.2, 0.25) is 5.15 Å². The molecule has 0 fully saturated rings. The van der Waals surface area contributed by atoms with Gasteiger partial charge in [-0.15, -0.1) is 0 Å². The van der Waals surface area contributed by atoms with Crippen LogP contribution in [0.25, 0.3) is 0 Å². The van der Waals surface area contributed by atoms with Crippen LogP contribution in [-0.2, 0) is 9.84 Å². The lowest BCUT2D eigenvalue weighted by molar-refractivity contribution is 0.144. The fourth-order valence-electron chi connectivity index (χ4n) is 0.676. The SMILES string of the molecule is CS(=O)(=O)c1ncc(OC(=O)O)c(Cl)n1. The molecule has 0 spiro atoms. The van der Waals surface area contributed by atoms with Crippen molar-refractivity contribution in [1.82, 2.24) is 9.97 Å². The molecule has 1 aromatic rings. The lowest BCUT2D eigenvalue weighted by Gasteiger charge is -2.02. The minimum Gasteiger partial charge on any atom is -0.449 e. The van der Waals surface area contributed by atoms with Crippen molar-refractivity contribution >= 4 is 27.6 Å². The Morgan fingerprint density at radius 3 is 2.60 bits per heavy atom. The molecule has 1 aromatic heterocycles. The molecular formula is C6H5ClN2O5S. The maximum absolute atomic E-state index is 11.0. The Kier molecular flexibility index (Phi) is 3.10. The number of rotatable bonds is 2. The molecule has 0 aromatic carbocycles. The van der Waals surface area contributed by atoms with E-state index >= 15 is 0 Å². The standard InChI is InChI=1S/C6H5ClN2O5S/c1-15(12,13)5-8-2-3(4(7)9-5)14-6(10)11/h2H,1H3,(H,10,11). The number of ether oxygens (including phenoxy) is 1. The number of carbonyl (C=O) groups is 1. The summed E-state index contributed by atoms with van der Waals surface area (Å²) in [4.78, 5) is 16.9. The second-order valence-corrected chi connectivity index (χ2v) is 4.72. The van der Waals surface area contributed by atoms with Gasteiger partial charge in [-0.1, -0.05) is 11.6 Å². The fourth-order valence-corrected chi connectivity index (χ4v) is 1.40. The summed E-state index contributed by atoms with van der Waals surface area (Å²) in [5, 5.41) is 7.39. The molecule has 0 radical (unpaired) electrons. The van der Waals surface area contributed by atoms with Gasteiger partial charge >= 0.3 is 6.16 Å². The van der Waals surface area contributed by atoms with E-state index in [1.54, 1.807) is 0 Å². The van der Waals surface area contributed by atoms with Gasteiger partial charge in [0.2, 0.25) is 15.0 Å². The summed E-state index contributed by atoms with van der Waals surface area (Å²) in [5.74, 6) is -0.323. The van der Waals surface area contributed by atoms with Gasteiger partial charge in [0.05, 0.1) is 6.20 Å². The number of carboxylic acid groups (broad SMARTS) is 1. The van der Waals surface area contributed by atoms with E-state index in [0.717, 1.165) is 12.5 Å². The van der Waals surface area contributed by atoms with Crippen LogP contribution in [0.3, 0.4) is 0 Å². The molecule has 9 heteroatoms. The number of aromatic nitrogens is 2. The van der Waals surface area contributed by atoms with Gasteiger partial charge in [0, 0.05) is 6.26 Å². The zero-order valence-electron chi connectivity index (χ0n) is 7.34. The molecule has 0 bridgehead atoms. The zero-order chi connectivity index (χ0) is 11.6.